The molecule has 0 radical (unpaired) electrons. The Labute approximate surface area is 170 Å². The SMILES string of the molecule is Nc1ncccc1CN1CC(Cc2ccc(Cl)cc2)(C(=O)N2CCOCC2)C1. The first-order chi connectivity index (χ1) is 13.6. The van der Waals surface area contributed by atoms with Crippen LogP contribution in [0.1, 0.15) is 11.1 Å². The summed E-state index contributed by atoms with van der Waals surface area (Å²) in [5, 5.41) is 0.708. The number of likely N-dealkylation sites (tertiary alicyclic amines) is 1. The van der Waals surface area contributed by atoms with E-state index in [9.17, 15) is 4.79 Å². The van der Waals surface area contributed by atoms with Crippen molar-refractivity contribution in [1.29, 1.82) is 0 Å². The first-order valence-electron chi connectivity index (χ1n) is 9.59. The standard InChI is InChI=1S/C21H25ClN4O2/c22-18-5-3-16(4-6-18)12-21(20(27)26-8-10-28-11-9-26)14-25(15-21)13-17-2-1-7-24-19(17)23/h1-7H,8-15H2,(H2,23,24). The lowest BCUT2D eigenvalue weighted by molar-refractivity contribution is -0.158. The number of ether oxygens (including phenoxy) is 1. The van der Waals surface area contributed by atoms with Crippen LogP contribution in [0.4, 0.5) is 5.82 Å². The van der Waals surface area contributed by atoms with Crippen molar-refractivity contribution < 1.29 is 9.53 Å². The third kappa shape index (κ3) is 3.99. The van der Waals surface area contributed by atoms with Gasteiger partial charge in [-0.2, -0.15) is 0 Å². The van der Waals surface area contributed by atoms with Crippen LogP contribution < -0.4 is 5.73 Å². The molecule has 148 valence electrons. The number of amides is 1. The van der Waals surface area contributed by atoms with Crippen LogP contribution in [0.2, 0.25) is 5.02 Å². The number of halogens is 1. The molecule has 0 bridgehead atoms. The van der Waals surface area contributed by atoms with Crippen molar-refractivity contribution in [1.82, 2.24) is 14.8 Å². The molecule has 0 spiro atoms. The van der Waals surface area contributed by atoms with Gasteiger partial charge >= 0.3 is 0 Å². The number of pyridine rings is 1. The minimum Gasteiger partial charge on any atom is -0.383 e. The van der Waals surface area contributed by atoms with E-state index < -0.39 is 5.41 Å². The van der Waals surface area contributed by atoms with Crippen LogP contribution in [0.5, 0.6) is 0 Å². The van der Waals surface area contributed by atoms with Gasteiger partial charge in [-0.15, -0.1) is 0 Å². The van der Waals surface area contributed by atoms with Crippen LogP contribution in [0, 0.1) is 5.41 Å². The van der Waals surface area contributed by atoms with E-state index in [1.54, 1.807) is 6.20 Å². The largest absolute Gasteiger partial charge is 0.383 e. The van der Waals surface area contributed by atoms with Crippen LogP contribution in [0.25, 0.3) is 0 Å². The summed E-state index contributed by atoms with van der Waals surface area (Å²) in [6, 6.07) is 11.7. The van der Waals surface area contributed by atoms with E-state index in [0.29, 0.717) is 63.2 Å². The third-order valence-electron chi connectivity index (χ3n) is 5.58. The number of hydrogen-bond acceptors (Lipinski definition) is 5. The molecule has 2 fully saturated rings. The zero-order valence-corrected chi connectivity index (χ0v) is 16.6. The fraction of sp³-hybridized carbons (Fsp3) is 0.429. The van der Waals surface area contributed by atoms with E-state index in [-0.39, 0.29) is 5.91 Å². The van der Waals surface area contributed by atoms with Gasteiger partial charge in [0.1, 0.15) is 5.82 Å². The highest BCUT2D eigenvalue weighted by Gasteiger charge is 2.50. The van der Waals surface area contributed by atoms with Gasteiger partial charge in [-0.25, -0.2) is 4.98 Å². The molecule has 2 saturated heterocycles. The molecule has 2 N–H and O–H groups in total. The first kappa shape index (κ1) is 19.2. The Kier molecular flexibility index (Phi) is 5.53. The van der Waals surface area contributed by atoms with Gasteiger partial charge in [-0.05, 0) is 30.2 Å². The summed E-state index contributed by atoms with van der Waals surface area (Å²) in [5.74, 6) is 0.776. The number of nitrogens with zero attached hydrogens (tertiary/aromatic N) is 3. The predicted octanol–water partition coefficient (Wildman–Crippen LogP) is 2.22. The number of nitrogens with two attached hydrogens (primary N) is 1. The molecule has 6 nitrogen and oxygen atoms in total. The minimum absolute atomic E-state index is 0.223. The molecule has 0 atom stereocenters. The fourth-order valence-corrected chi connectivity index (χ4v) is 4.29. The number of aromatic nitrogens is 1. The summed E-state index contributed by atoms with van der Waals surface area (Å²) in [5.41, 5.74) is 7.71. The summed E-state index contributed by atoms with van der Waals surface area (Å²) < 4.78 is 5.42. The summed E-state index contributed by atoms with van der Waals surface area (Å²) in [4.78, 5) is 21.8. The molecule has 3 heterocycles. The first-order valence-corrected chi connectivity index (χ1v) is 9.97. The Morgan fingerprint density at radius 2 is 1.89 bits per heavy atom. The number of hydrogen-bond donors (Lipinski definition) is 1. The average molecular weight is 401 g/mol. The fourth-order valence-electron chi connectivity index (χ4n) is 4.16. The van der Waals surface area contributed by atoms with Crippen molar-refractivity contribution in [3.05, 3.63) is 58.7 Å². The molecule has 4 rings (SSSR count). The monoisotopic (exact) mass is 400 g/mol. The van der Waals surface area contributed by atoms with Crippen LogP contribution in [-0.2, 0) is 22.5 Å². The molecule has 2 aliphatic rings. The van der Waals surface area contributed by atoms with Gasteiger partial charge in [0.15, 0.2) is 0 Å². The highest BCUT2D eigenvalue weighted by atomic mass is 35.5. The maximum atomic E-state index is 13.4. The zero-order valence-electron chi connectivity index (χ0n) is 15.8. The molecule has 2 aliphatic heterocycles. The van der Waals surface area contributed by atoms with Crippen molar-refractivity contribution in [2.75, 3.05) is 45.1 Å². The van der Waals surface area contributed by atoms with Crippen molar-refractivity contribution in [2.45, 2.75) is 13.0 Å². The smallest absolute Gasteiger partial charge is 0.231 e. The number of morpholine rings is 1. The second-order valence-electron chi connectivity index (χ2n) is 7.68. The number of benzene rings is 1. The summed E-state index contributed by atoms with van der Waals surface area (Å²) in [6.45, 7) is 4.67. The Hall–Kier alpha value is -2.15. The lowest BCUT2D eigenvalue weighted by Crippen LogP contribution is -2.65. The molecular formula is C21H25ClN4O2. The number of carbonyl (C=O) groups excluding carboxylic acids is 1. The number of rotatable bonds is 5. The second kappa shape index (κ2) is 8.07. The maximum absolute atomic E-state index is 13.4. The van der Waals surface area contributed by atoms with Gasteiger partial charge in [0.25, 0.3) is 0 Å². The predicted molar refractivity (Wildman–Crippen MR) is 109 cm³/mol. The van der Waals surface area contributed by atoms with Crippen LogP contribution in [0.15, 0.2) is 42.6 Å². The number of nitrogen functional groups attached to an aromatic ring is 1. The molecule has 1 amide bonds. The van der Waals surface area contributed by atoms with E-state index in [1.165, 1.54) is 0 Å². The van der Waals surface area contributed by atoms with E-state index in [1.807, 2.05) is 41.3 Å². The van der Waals surface area contributed by atoms with Crippen LogP contribution >= 0.6 is 11.6 Å². The molecule has 0 unspecified atom stereocenters. The molecule has 0 saturated carbocycles. The summed E-state index contributed by atoms with van der Waals surface area (Å²) in [6.07, 6.45) is 2.40. The van der Waals surface area contributed by atoms with E-state index >= 15 is 0 Å². The van der Waals surface area contributed by atoms with Gasteiger partial charge in [-0.1, -0.05) is 29.8 Å². The maximum Gasteiger partial charge on any atom is 0.231 e. The van der Waals surface area contributed by atoms with Gasteiger partial charge in [-0.3, -0.25) is 9.69 Å². The van der Waals surface area contributed by atoms with Crippen LogP contribution in [-0.4, -0.2) is 60.1 Å². The van der Waals surface area contributed by atoms with Gasteiger partial charge in [0.2, 0.25) is 5.91 Å². The quantitative estimate of drug-likeness (QED) is 0.833. The Bertz CT molecular complexity index is 831. The van der Waals surface area contributed by atoms with E-state index in [4.69, 9.17) is 22.1 Å². The minimum atomic E-state index is -0.415. The average Bonchev–Trinajstić information content (AvgIpc) is 2.69. The normalized spacial score (nSPS) is 19.2. The topological polar surface area (TPSA) is 71.7 Å². The van der Waals surface area contributed by atoms with Gasteiger partial charge in [0, 0.05) is 49.5 Å². The van der Waals surface area contributed by atoms with E-state index in [0.717, 1.165) is 11.1 Å². The number of anilines is 1. The Morgan fingerprint density at radius 3 is 2.57 bits per heavy atom. The molecule has 28 heavy (non-hydrogen) atoms. The Balaban J connectivity index is 1.50. The zero-order chi connectivity index (χ0) is 19.6. The molecule has 2 aromatic rings. The highest BCUT2D eigenvalue weighted by molar-refractivity contribution is 6.30. The summed E-state index contributed by atoms with van der Waals surface area (Å²) >= 11 is 6.03. The molecular weight excluding hydrogens is 376 g/mol. The van der Waals surface area contributed by atoms with Crippen molar-refractivity contribution in [3.8, 4) is 0 Å². The summed E-state index contributed by atoms with van der Waals surface area (Å²) in [7, 11) is 0. The highest BCUT2D eigenvalue weighted by Crippen LogP contribution is 2.38. The molecule has 0 aliphatic carbocycles. The molecule has 7 heteroatoms. The number of carbonyl (C=O) groups is 1. The lowest BCUT2D eigenvalue weighted by atomic mass is 9.73. The lowest BCUT2D eigenvalue weighted by Gasteiger charge is -2.51. The van der Waals surface area contributed by atoms with Crippen molar-refractivity contribution in [2.24, 2.45) is 5.41 Å². The van der Waals surface area contributed by atoms with Gasteiger partial charge < -0.3 is 15.4 Å². The Morgan fingerprint density at radius 1 is 1.18 bits per heavy atom. The van der Waals surface area contributed by atoms with E-state index in [2.05, 4.69) is 9.88 Å². The van der Waals surface area contributed by atoms with Gasteiger partial charge in [0.05, 0.1) is 18.6 Å². The van der Waals surface area contributed by atoms with Crippen molar-refractivity contribution in [3.63, 3.8) is 0 Å². The van der Waals surface area contributed by atoms with Crippen LogP contribution in [0.3, 0.4) is 0 Å². The third-order valence-corrected chi connectivity index (χ3v) is 5.83. The molecule has 1 aromatic carbocycles. The van der Waals surface area contributed by atoms with Crippen molar-refractivity contribution >= 4 is 23.3 Å². The molecule has 1 aromatic heterocycles. The second-order valence-corrected chi connectivity index (χ2v) is 8.12.